The van der Waals surface area contributed by atoms with Crippen LogP contribution in [0.1, 0.15) is 11.1 Å². The summed E-state index contributed by atoms with van der Waals surface area (Å²) in [4.78, 5) is 10.0. The van der Waals surface area contributed by atoms with Gasteiger partial charge in [0.2, 0.25) is 0 Å². The molecule has 0 unspecified atom stereocenters. The van der Waals surface area contributed by atoms with Crippen molar-refractivity contribution in [1.29, 1.82) is 0 Å². The lowest BCUT2D eigenvalue weighted by atomic mass is 10.1. The zero-order valence-electron chi connectivity index (χ0n) is 11.0. The minimum absolute atomic E-state index is 0.192. The molecule has 110 valence electrons. The molecule has 1 N–H and O–H groups in total. The molecular weight excluding hydrogens is 346 g/mol. The number of hydrogen-bond donors (Lipinski definition) is 1. The fraction of sp³-hybridized carbons (Fsp3) is 0.143. The highest BCUT2D eigenvalue weighted by molar-refractivity contribution is 9.10. The topological polar surface area (TPSA) is 55.2 Å². The van der Waals surface area contributed by atoms with Crippen LogP contribution in [0.15, 0.2) is 34.8 Å². The van der Waals surface area contributed by atoms with Gasteiger partial charge in [-0.2, -0.15) is 0 Å². The van der Waals surface area contributed by atoms with Gasteiger partial charge in [-0.3, -0.25) is 10.1 Å². The molecule has 0 fully saturated rings. The molecular formula is C14H11BrF2N2O2. The standard InChI is InChI=1S/C14H11BrF2N2O2/c1-8-4-9(2-3-11(8)15)7-18-14-12(17)5-10(16)6-13(14)19(20)21/h2-6,18H,7H2,1H3. The number of benzene rings is 2. The molecule has 0 aliphatic rings. The molecule has 0 spiro atoms. The molecule has 0 atom stereocenters. The molecule has 0 saturated heterocycles. The second kappa shape index (κ2) is 6.17. The van der Waals surface area contributed by atoms with E-state index >= 15 is 0 Å². The molecule has 0 aliphatic heterocycles. The van der Waals surface area contributed by atoms with Gasteiger partial charge in [0.15, 0.2) is 5.82 Å². The number of rotatable bonds is 4. The van der Waals surface area contributed by atoms with E-state index in [0.29, 0.717) is 12.1 Å². The highest BCUT2D eigenvalue weighted by atomic mass is 79.9. The minimum Gasteiger partial charge on any atom is -0.373 e. The summed E-state index contributed by atoms with van der Waals surface area (Å²) < 4.78 is 27.7. The Morgan fingerprint density at radius 3 is 2.62 bits per heavy atom. The number of halogens is 3. The molecule has 21 heavy (non-hydrogen) atoms. The number of nitrogens with zero attached hydrogens (tertiary/aromatic N) is 1. The molecule has 4 nitrogen and oxygen atoms in total. The SMILES string of the molecule is Cc1cc(CNc2c(F)cc(F)cc2[N+](=O)[O-])ccc1Br. The molecule has 0 aromatic heterocycles. The Bertz CT molecular complexity index is 708. The van der Waals surface area contributed by atoms with Crippen molar-refractivity contribution in [3.05, 3.63) is 67.7 Å². The molecule has 0 radical (unpaired) electrons. The predicted molar refractivity (Wildman–Crippen MR) is 79.2 cm³/mol. The van der Waals surface area contributed by atoms with Crippen LogP contribution in [0, 0.1) is 28.7 Å². The van der Waals surface area contributed by atoms with Gasteiger partial charge in [0.25, 0.3) is 5.69 Å². The Balaban J connectivity index is 2.27. The molecule has 0 heterocycles. The Morgan fingerprint density at radius 1 is 1.29 bits per heavy atom. The lowest BCUT2D eigenvalue weighted by molar-refractivity contribution is -0.384. The van der Waals surface area contributed by atoms with Gasteiger partial charge in [-0.1, -0.05) is 28.1 Å². The first-order valence-electron chi connectivity index (χ1n) is 6.01. The van der Waals surface area contributed by atoms with Crippen molar-refractivity contribution in [3.63, 3.8) is 0 Å². The number of nitro groups is 1. The first-order valence-corrected chi connectivity index (χ1v) is 6.80. The van der Waals surface area contributed by atoms with Crippen molar-refractivity contribution in [2.24, 2.45) is 0 Å². The number of nitro benzene ring substituents is 1. The first kappa shape index (κ1) is 15.4. The molecule has 0 aliphatic carbocycles. The van der Waals surface area contributed by atoms with Crippen LogP contribution in [0.3, 0.4) is 0 Å². The van der Waals surface area contributed by atoms with E-state index < -0.39 is 22.2 Å². The van der Waals surface area contributed by atoms with E-state index in [1.807, 2.05) is 19.1 Å². The van der Waals surface area contributed by atoms with E-state index in [4.69, 9.17) is 0 Å². The lowest BCUT2D eigenvalue weighted by Crippen LogP contribution is -2.05. The summed E-state index contributed by atoms with van der Waals surface area (Å²) in [6.07, 6.45) is 0. The van der Waals surface area contributed by atoms with E-state index in [-0.39, 0.29) is 12.2 Å². The summed E-state index contributed by atoms with van der Waals surface area (Å²) in [6, 6.07) is 6.81. The van der Waals surface area contributed by atoms with Gasteiger partial charge in [0, 0.05) is 17.1 Å². The fourth-order valence-electron chi connectivity index (χ4n) is 1.89. The molecule has 2 rings (SSSR count). The van der Waals surface area contributed by atoms with Crippen molar-refractivity contribution in [3.8, 4) is 0 Å². The maximum absolute atomic E-state index is 13.7. The van der Waals surface area contributed by atoms with Gasteiger partial charge in [0.05, 0.1) is 11.0 Å². The van der Waals surface area contributed by atoms with Crippen LogP contribution in [-0.4, -0.2) is 4.92 Å². The van der Waals surface area contributed by atoms with Crippen molar-refractivity contribution in [1.82, 2.24) is 0 Å². The third-order valence-electron chi connectivity index (χ3n) is 2.92. The summed E-state index contributed by atoms with van der Waals surface area (Å²) in [6.45, 7) is 2.09. The van der Waals surface area contributed by atoms with Gasteiger partial charge >= 0.3 is 0 Å². The van der Waals surface area contributed by atoms with Gasteiger partial charge in [-0.05, 0) is 24.1 Å². The average molecular weight is 357 g/mol. The number of nitrogens with one attached hydrogen (secondary N) is 1. The molecule has 0 saturated carbocycles. The maximum atomic E-state index is 13.7. The Hall–Kier alpha value is -2.02. The normalized spacial score (nSPS) is 10.5. The van der Waals surface area contributed by atoms with E-state index in [1.54, 1.807) is 6.07 Å². The molecule has 0 amide bonds. The predicted octanol–water partition coefficient (Wildman–Crippen LogP) is 4.56. The minimum atomic E-state index is -0.990. The molecule has 7 heteroatoms. The van der Waals surface area contributed by atoms with Gasteiger partial charge in [0.1, 0.15) is 11.5 Å². The largest absolute Gasteiger partial charge is 0.373 e. The van der Waals surface area contributed by atoms with Crippen molar-refractivity contribution < 1.29 is 13.7 Å². The molecule has 2 aromatic carbocycles. The Morgan fingerprint density at radius 2 is 2.00 bits per heavy atom. The summed E-state index contributed by atoms with van der Waals surface area (Å²) in [5.41, 5.74) is 0.875. The van der Waals surface area contributed by atoms with E-state index in [0.717, 1.165) is 15.6 Å². The number of hydrogen-bond acceptors (Lipinski definition) is 3. The van der Waals surface area contributed by atoms with Gasteiger partial charge in [-0.15, -0.1) is 0 Å². The van der Waals surface area contributed by atoms with Crippen LogP contribution in [-0.2, 0) is 6.54 Å². The lowest BCUT2D eigenvalue weighted by Gasteiger charge is -2.09. The third kappa shape index (κ3) is 3.55. The van der Waals surface area contributed by atoms with Crippen molar-refractivity contribution in [2.45, 2.75) is 13.5 Å². The average Bonchev–Trinajstić information content (AvgIpc) is 2.40. The zero-order chi connectivity index (χ0) is 15.6. The van der Waals surface area contributed by atoms with Crippen LogP contribution < -0.4 is 5.32 Å². The van der Waals surface area contributed by atoms with Gasteiger partial charge < -0.3 is 5.32 Å². The second-order valence-electron chi connectivity index (χ2n) is 4.48. The first-order chi connectivity index (χ1) is 9.88. The van der Waals surface area contributed by atoms with Crippen LogP contribution in [0.2, 0.25) is 0 Å². The van der Waals surface area contributed by atoms with E-state index in [9.17, 15) is 18.9 Å². The van der Waals surface area contributed by atoms with Crippen LogP contribution in [0.25, 0.3) is 0 Å². The van der Waals surface area contributed by atoms with Crippen molar-refractivity contribution in [2.75, 3.05) is 5.32 Å². The second-order valence-corrected chi connectivity index (χ2v) is 5.33. The monoisotopic (exact) mass is 356 g/mol. The third-order valence-corrected chi connectivity index (χ3v) is 3.81. The maximum Gasteiger partial charge on any atom is 0.298 e. The fourth-order valence-corrected chi connectivity index (χ4v) is 2.13. The number of aryl methyl sites for hydroxylation is 1. The summed E-state index contributed by atoms with van der Waals surface area (Å²) >= 11 is 3.36. The van der Waals surface area contributed by atoms with E-state index in [1.165, 1.54) is 0 Å². The highest BCUT2D eigenvalue weighted by Crippen LogP contribution is 2.29. The van der Waals surface area contributed by atoms with Crippen molar-refractivity contribution >= 4 is 27.3 Å². The summed E-state index contributed by atoms with van der Waals surface area (Å²) in [5, 5.41) is 13.5. The van der Waals surface area contributed by atoms with E-state index in [2.05, 4.69) is 21.2 Å². The summed E-state index contributed by atoms with van der Waals surface area (Å²) in [5.74, 6) is -1.97. The molecule has 2 aromatic rings. The summed E-state index contributed by atoms with van der Waals surface area (Å²) in [7, 11) is 0. The smallest absolute Gasteiger partial charge is 0.298 e. The zero-order valence-corrected chi connectivity index (χ0v) is 12.6. The Labute approximate surface area is 128 Å². The van der Waals surface area contributed by atoms with Gasteiger partial charge in [-0.25, -0.2) is 8.78 Å². The highest BCUT2D eigenvalue weighted by Gasteiger charge is 2.20. The Kier molecular flexibility index (Phi) is 4.52. The quantitative estimate of drug-likeness (QED) is 0.645. The number of anilines is 1. The molecule has 0 bridgehead atoms. The van der Waals surface area contributed by atoms with Crippen LogP contribution in [0.5, 0.6) is 0 Å². The van der Waals surface area contributed by atoms with Crippen LogP contribution >= 0.6 is 15.9 Å². The van der Waals surface area contributed by atoms with Crippen LogP contribution in [0.4, 0.5) is 20.2 Å².